The van der Waals surface area contributed by atoms with Crippen molar-refractivity contribution >= 4 is 10.1 Å². The van der Waals surface area contributed by atoms with E-state index in [0.717, 1.165) is 25.5 Å². The lowest BCUT2D eigenvalue weighted by Gasteiger charge is -2.11. The molecule has 0 saturated carbocycles. The summed E-state index contributed by atoms with van der Waals surface area (Å²) in [5.74, 6) is -0.628. The van der Waals surface area contributed by atoms with Crippen molar-refractivity contribution in [3.8, 4) is 5.88 Å². The van der Waals surface area contributed by atoms with Crippen molar-refractivity contribution in [3.05, 3.63) is 23.4 Å². The van der Waals surface area contributed by atoms with Crippen LogP contribution in [0.3, 0.4) is 0 Å². The molecule has 0 aliphatic rings. The Morgan fingerprint density at radius 1 is 1.33 bits per heavy atom. The molecule has 0 unspecified atom stereocenters. The number of halogens is 3. The number of alkyl halides is 3. The topological polar surface area (TPSA) is 65.5 Å². The van der Waals surface area contributed by atoms with E-state index in [9.17, 15) is 21.6 Å². The lowest BCUT2D eigenvalue weighted by Crippen LogP contribution is -2.11. The number of methoxy groups -OCH3 is 1. The van der Waals surface area contributed by atoms with Gasteiger partial charge in [0, 0.05) is 0 Å². The van der Waals surface area contributed by atoms with Crippen molar-refractivity contribution in [2.45, 2.75) is 12.8 Å². The predicted octanol–water partition coefficient (Wildman–Crippen LogP) is 1.59. The Balaban J connectivity index is 2.99. The zero-order chi connectivity index (χ0) is 14.0. The highest BCUT2D eigenvalue weighted by atomic mass is 32.2. The third kappa shape index (κ3) is 4.15. The van der Waals surface area contributed by atoms with Crippen LogP contribution < -0.4 is 4.74 Å². The first-order chi connectivity index (χ1) is 8.13. The quantitative estimate of drug-likeness (QED) is 0.786. The van der Waals surface area contributed by atoms with E-state index >= 15 is 0 Å². The zero-order valence-corrected chi connectivity index (χ0v) is 10.3. The average Bonchev–Trinajstić information content (AvgIpc) is 2.23. The molecule has 0 fully saturated rings. The van der Waals surface area contributed by atoms with Gasteiger partial charge < -0.3 is 4.74 Å². The Labute approximate surface area is 102 Å². The molecule has 0 spiro atoms. The number of hydrogen-bond donors (Lipinski definition) is 0. The molecule has 0 aliphatic heterocycles. The third-order valence-electron chi connectivity index (χ3n) is 1.84. The van der Waals surface area contributed by atoms with Gasteiger partial charge in [0.1, 0.15) is 12.2 Å². The molecular formula is C9H10F3NO4S. The van der Waals surface area contributed by atoms with Crippen LogP contribution in [0, 0.1) is 0 Å². The van der Waals surface area contributed by atoms with Crippen molar-refractivity contribution < 1.29 is 30.5 Å². The second-order valence-electron chi connectivity index (χ2n) is 3.32. The van der Waals surface area contributed by atoms with Gasteiger partial charge in [-0.05, 0) is 12.1 Å². The zero-order valence-electron chi connectivity index (χ0n) is 9.48. The smallest absolute Gasteiger partial charge is 0.421 e. The van der Waals surface area contributed by atoms with E-state index in [0.29, 0.717) is 0 Å². The maximum absolute atomic E-state index is 12.5. The first kappa shape index (κ1) is 14.7. The van der Waals surface area contributed by atoms with Gasteiger partial charge in [-0.1, -0.05) is 0 Å². The molecule has 0 amide bonds. The largest absolute Gasteiger partial charge is 0.481 e. The van der Waals surface area contributed by atoms with E-state index in [4.69, 9.17) is 0 Å². The molecule has 1 aromatic rings. The fourth-order valence-corrected chi connectivity index (χ4v) is 1.43. The Morgan fingerprint density at radius 2 is 1.94 bits per heavy atom. The molecule has 9 heteroatoms. The first-order valence-electron chi connectivity index (χ1n) is 4.59. The molecule has 0 atom stereocenters. The van der Waals surface area contributed by atoms with Crippen LogP contribution in [0.4, 0.5) is 13.2 Å². The van der Waals surface area contributed by atoms with Gasteiger partial charge in [-0.3, -0.25) is 4.18 Å². The first-order valence-corrected chi connectivity index (χ1v) is 6.40. The van der Waals surface area contributed by atoms with Crippen molar-refractivity contribution in [1.29, 1.82) is 0 Å². The van der Waals surface area contributed by atoms with E-state index in [1.54, 1.807) is 0 Å². The van der Waals surface area contributed by atoms with E-state index in [2.05, 4.69) is 13.9 Å². The summed E-state index contributed by atoms with van der Waals surface area (Å²) >= 11 is 0. The molecule has 5 nitrogen and oxygen atoms in total. The molecule has 18 heavy (non-hydrogen) atoms. The minimum Gasteiger partial charge on any atom is -0.481 e. The van der Waals surface area contributed by atoms with Crippen LogP contribution in [0.2, 0.25) is 0 Å². The maximum atomic E-state index is 12.5. The fourth-order valence-electron chi connectivity index (χ4n) is 1.10. The molecule has 0 N–H and O–H groups in total. The molecule has 0 saturated heterocycles. The summed E-state index contributed by atoms with van der Waals surface area (Å²) < 4.78 is 67.9. The Kier molecular flexibility index (Phi) is 4.17. The summed E-state index contributed by atoms with van der Waals surface area (Å²) in [5.41, 5.74) is -1.02. The van der Waals surface area contributed by atoms with E-state index in [1.807, 2.05) is 0 Å². The molecule has 0 bridgehead atoms. The summed E-state index contributed by atoms with van der Waals surface area (Å²) in [4.78, 5) is 3.53. The summed E-state index contributed by atoms with van der Waals surface area (Å²) in [7, 11) is -2.64. The molecule has 1 rings (SSSR count). The Morgan fingerprint density at radius 3 is 2.39 bits per heavy atom. The molecule has 102 valence electrons. The highest BCUT2D eigenvalue weighted by molar-refractivity contribution is 7.85. The monoisotopic (exact) mass is 285 g/mol. The number of nitrogens with zero attached hydrogens (tertiary/aromatic N) is 1. The van der Waals surface area contributed by atoms with Crippen molar-refractivity contribution in [3.63, 3.8) is 0 Å². The van der Waals surface area contributed by atoms with Gasteiger partial charge in [0.05, 0.1) is 19.1 Å². The van der Waals surface area contributed by atoms with E-state index < -0.39 is 34.3 Å². The normalized spacial score (nSPS) is 12.5. The van der Waals surface area contributed by atoms with Crippen LogP contribution in [0.1, 0.15) is 11.3 Å². The highest BCUT2D eigenvalue weighted by Crippen LogP contribution is 2.34. The number of pyridine rings is 1. The molecule has 0 aromatic carbocycles. The lowest BCUT2D eigenvalue weighted by atomic mass is 10.2. The Hall–Kier alpha value is -1.35. The molecule has 1 heterocycles. The molecular weight excluding hydrogens is 275 g/mol. The van der Waals surface area contributed by atoms with Gasteiger partial charge in [-0.2, -0.15) is 21.6 Å². The van der Waals surface area contributed by atoms with E-state index in [1.165, 1.54) is 0 Å². The molecule has 0 radical (unpaired) electrons. The van der Waals surface area contributed by atoms with Crippen LogP contribution >= 0.6 is 0 Å². The molecule has 1 aromatic heterocycles. The minimum atomic E-state index is -4.59. The lowest BCUT2D eigenvalue weighted by molar-refractivity contribution is -0.139. The van der Waals surface area contributed by atoms with Gasteiger partial charge in [-0.15, -0.1) is 0 Å². The number of rotatable bonds is 4. The molecule has 0 aliphatic carbocycles. The van der Waals surface area contributed by atoms with Gasteiger partial charge >= 0.3 is 6.18 Å². The van der Waals surface area contributed by atoms with Gasteiger partial charge in [0.15, 0.2) is 0 Å². The number of aromatic nitrogens is 1. The number of ether oxygens (including phenoxy) is 1. The predicted molar refractivity (Wildman–Crippen MR) is 55.4 cm³/mol. The minimum absolute atomic E-state index is 0.0188. The van der Waals surface area contributed by atoms with Crippen molar-refractivity contribution in [2.75, 3.05) is 13.4 Å². The van der Waals surface area contributed by atoms with Crippen LogP contribution in [-0.4, -0.2) is 26.8 Å². The highest BCUT2D eigenvalue weighted by Gasteiger charge is 2.35. The van der Waals surface area contributed by atoms with E-state index in [-0.39, 0.29) is 5.69 Å². The fraction of sp³-hybridized carbons (Fsp3) is 0.444. The van der Waals surface area contributed by atoms with Crippen LogP contribution in [0.5, 0.6) is 5.88 Å². The second kappa shape index (κ2) is 5.11. The van der Waals surface area contributed by atoms with Crippen molar-refractivity contribution in [1.82, 2.24) is 4.98 Å². The summed E-state index contributed by atoms with van der Waals surface area (Å²) in [6.45, 7) is -0.451. The standard InChI is InChI=1S/C9H10F3NO4S/c1-16-8-7(9(10,11)12)4-3-6(13-8)5-17-18(2,14)15/h3-4H,5H2,1-2H3. The van der Waals surface area contributed by atoms with Gasteiger partial charge in [0.25, 0.3) is 10.1 Å². The summed E-state index contributed by atoms with van der Waals surface area (Å²) in [6, 6.07) is 1.78. The third-order valence-corrected chi connectivity index (χ3v) is 2.38. The van der Waals surface area contributed by atoms with Crippen LogP contribution in [-0.2, 0) is 27.1 Å². The summed E-state index contributed by atoms with van der Waals surface area (Å²) in [5, 5.41) is 0. The SMILES string of the molecule is COc1nc(COS(C)(=O)=O)ccc1C(F)(F)F. The van der Waals surface area contributed by atoms with Crippen LogP contribution in [0.15, 0.2) is 12.1 Å². The van der Waals surface area contributed by atoms with Crippen LogP contribution in [0.25, 0.3) is 0 Å². The maximum Gasteiger partial charge on any atom is 0.421 e. The van der Waals surface area contributed by atoms with Gasteiger partial charge in [0.2, 0.25) is 5.88 Å². The second-order valence-corrected chi connectivity index (χ2v) is 4.97. The van der Waals surface area contributed by atoms with Crippen molar-refractivity contribution in [2.24, 2.45) is 0 Å². The van der Waals surface area contributed by atoms with Gasteiger partial charge in [-0.25, -0.2) is 4.98 Å². The Bertz CT molecular complexity index is 527. The number of hydrogen-bond acceptors (Lipinski definition) is 5. The average molecular weight is 285 g/mol. The summed E-state index contributed by atoms with van der Waals surface area (Å²) in [6.07, 6.45) is -3.76.